The fourth-order valence-electron chi connectivity index (χ4n) is 1.69. The van der Waals surface area contributed by atoms with Crippen LogP contribution in [0.25, 0.3) is 17.0 Å². The monoisotopic (exact) mass is 259 g/mol. The lowest BCUT2D eigenvalue weighted by atomic mass is 10.1. The SMILES string of the molecule is CN(C)c1ccc2c(=O)c(C=CC(=O)O)coc2c1. The van der Waals surface area contributed by atoms with Gasteiger partial charge in [-0.1, -0.05) is 0 Å². The maximum absolute atomic E-state index is 12.1. The molecule has 0 saturated heterocycles. The van der Waals surface area contributed by atoms with Gasteiger partial charge >= 0.3 is 5.97 Å². The van der Waals surface area contributed by atoms with Gasteiger partial charge in [0.25, 0.3) is 0 Å². The van der Waals surface area contributed by atoms with E-state index in [0.29, 0.717) is 11.0 Å². The molecular formula is C14H13NO4. The van der Waals surface area contributed by atoms with Crippen LogP contribution in [-0.4, -0.2) is 25.2 Å². The lowest BCUT2D eigenvalue weighted by Gasteiger charge is -2.12. The van der Waals surface area contributed by atoms with Crippen LogP contribution in [-0.2, 0) is 4.79 Å². The number of rotatable bonds is 3. The van der Waals surface area contributed by atoms with Crippen LogP contribution in [0.1, 0.15) is 5.56 Å². The zero-order valence-electron chi connectivity index (χ0n) is 10.6. The average molecular weight is 259 g/mol. The lowest BCUT2D eigenvalue weighted by Crippen LogP contribution is -2.10. The first kappa shape index (κ1) is 12.9. The summed E-state index contributed by atoms with van der Waals surface area (Å²) < 4.78 is 5.38. The summed E-state index contributed by atoms with van der Waals surface area (Å²) in [5.41, 5.74) is 1.37. The van der Waals surface area contributed by atoms with Gasteiger partial charge in [-0.15, -0.1) is 0 Å². The van der Waals surface area contributed by atoms with E-state index in [1.165, 1.54) is 12.3 Å². The number of aliphatic carboxylic acids is 1. The summed E-state index contributed by atoms with van der Waals surface area (Å²) in [6.45, 7) is 0. The van der Waals surface area contributed by atoms with Gasteiger partial charge in [0.05, 0.1) is 10.9 Å². The lowest BCUT2D eigenvalue weighted by molar-refractivity contribution is -0.131. The number of hydrogen-bond acceptors (Lipinski definition) is 4. The number of carbonyl (C=O) groups is 1. The summed E-state index contributed by atoms with van der Waals surface area (Å²) in [7, 11) is 3.78. The highest BCUT2D eigenvalue weighted by atomic mass is 16.4. The molecular weight excluding hydrogens is 246 g/mol. The molecule has 1 heterocycles. The third-order valence-corrected chi connectivity index (χ3v) is 2.71. The van der Waals surface area contributed by atoms with Crippen molar-refractivity contribution < 1.29 is 14.3 Å². The van der Waals surface area contributed by atoms with Crippen LogP contribution in [0.5, 0.6) is 0 Å². The molecule has 0 unspecified atom stereocenters. The minimum Gasteiger partial charge on any atom is -0.478 e. The number of carboxylic acids is 1. The summed E-state index contributed by atoms with van der Waals surface area (Å²) in [5, 5.41) is 8.98. The highest BCUT2D eigenvalue weighted by Gasteiger charge is 2.06. The van der Waals surface area contributed by atoms with Gasteiger partial charge in [0.15, 0.2) is 5.43 Å². The molecule has 5 nitrogen and oxygen atoms in total. The van der Waals surface area contributed by atoms with Crippen LogP contribution in [0.15, 0.2) is 39.7 Å². The second-order valence-corrected chi connectivity index (χ2v) is 4.27. The third kappa shape index (κ3) is 2.65. The standard InChI is InChI=1S/C14H13NO4/c1-15(2)10-4-5-11-12(7-10)19-8-9(14(11)18)3-6-13(16)17/h3-8H,1-2H3,(H,16,17). The summed E-state index contributed by atoms with van der Waals surface area (Å²) in [5.74, 6) is -1.11. The molecule has 19 heavy (non-hydrogen) atoms. The van der Waals surface area contributed by atoms with Crippen LogP contribution >= 0.6 is 0 Å². The van der Waals surface area contributed by atoms with E-state index < -0.39 is 5.97 Å². The fourth-order valence-corrected chi connectivity index (χ4v) is 1.69. The fraction of sp³-hybridized carbons (Fsp3) is 0.143. The Balaban J connectivity index is 2.57. The van der Waals surface area contributed by atoms with Crippen molar-refractivity contribution in [3.8, 4) is 0 Å². The van der Waals surface area contributed by atoms with Crippen LogP contribution in [0, 0.1) is 0 Å². The van der Waals surface area contributed by atoms with Gasteiger partial charge in [-0.3, -0.25) is 4.79 Å². The normalized spacial score (nSPS) is 11.1. The van der Waals surface area contributed by atoms with Crippen LogP contribution in [0.2, 0.25) is 0 Å². The molecule has 98 valence electrons. The van der Waals surface area contributed by atoms with Crippen molar-refractivity contribution in [1.29, 1.82) is 0 Å². The van der Waals surface area contributed by atoms with Gasteiger partial charge < -0.3 is 14.4 Å². The molecule has 2 rings (SSSR count). The number of fused-ring (bicyclic) bond motifs is 1. The maximum Gasteiger partial charge on any atom is 0.328 e. The molecule has 0 aliphatic heterocycles. The van der Waals surface area contributed by atoms with Crippen molar-refractivity contribution >= 4 is 28.7 Å². The first-order valence-corrected chi connectivity index (χ1v) is 5.63. The summed E-state index contributed by atoms with van der Waals surface area (Å²) in [6, 6.07) is 5.25. The van der Waals surface area contributed by atoms with Gasteiger partial charge in [-0.25, -0.2) is 4.79 Å². The zero-order valence-corrected chi connectivity index (χ0v) is 10.6. The molecule has 1 aromatic heterocycles. The van der Waals surface area contributed by atoms with E-state index in [1.807, 2.05) is 25.1 Å². The van der Waals surface area contributed by atoms with E-state index in [2.05, 4.69) is 0 Å². The summed E-state index contributed by atoms with van der Waals surface area (Å²) >= 11 is 0. The Morgan fingerprint density at radius 3 is 2.74 bits per heavy atom. The minimum absolute atomic E-state index is 0.215. The van der Waals surface area contributed by atoms with Gasteiger partial charge in [0.2, 0.25) is 0 Å². The predicted octanol–water partition coefficient (Wildman–Crippen LogP) is 1.96. The van der Waals surface area contributed by atoms with Crippen molar-refractivity contribution in [3.05, 3.63) is 46.3 Å². The molecule has 0 radical (unpaired) electrons. The topological polar surface area (TPSA) is 70.8 Å². The van der Waals surface area contributed by atoms with Crippen molar-refractivity contribution in [2.45, 2.75) is 0 Å². The quantitative estimate of drug-likeness (QED) is 0.853. The van der Waals surface area contributed by atoms with Gasteiger partial charge in [0.1, 0.15) is 11.8 Å². The Labute approximate surface area is 109 Å². The molecule has 0 aliphatic carbocycles. The Bertz CT molecular complexity index is 713. The van der Waals surface area contributed by atoms with Crippen molar-refractivity contribution in [3.63, 3.8) is 0 Å². The second-order valence-electron chi connectivity index (χ2n) is 4.27. The molecule has 0 fully saturated rings. The first-order valence-electron chi connectivity index (χ1n) is 5.63. The molecule has 0 saturated carbocycles. The minimum atomic E-state index is -1.11. The van der Waals surface area contributed by atoms with E-state index in [-0.39, 0.29) is 11.0 Å². The summed E-state index contributed by atoms with van der Waals surface area (Å²) in [4.78, 5) is 24.4. The van der Waals surface area contributed by atoms with Gasteiger partial charge in [-0.2, -0.15) is 0 Å². The molecule has 0 bridgehead atoms. The first-order chi connectivity index (χ1) is 8.99. The van der Waals surface area contributed by atoms with Crippen molar-refractivity contribution in [1.82, 2.24) is 0 Å². The molecule has 1 N–H and O–H groups in total. The molecule has 0 amide bonds. The largest absolute Gasteiger partial charge is 0.478 e. The number of benzene rings is 1. The summed E-state index contributed by atoms with van der Waals surface area (Å²) in [6.07, 6.45) is 3.41. The Hall–Kier alpha value is -2.56. The average Bonchev–Trinajstić information content (AvgIpc) is 2.37. The Morgan fingerprint density at radius 1 is 1.37 bits per heavy atom. The predicted molar refractivity (Wildman–Crippen MR) is 73.5 cm³/mol. The van der Waals surface area contributed by atoms with Crippen molar-refractivity contribution in [2.75, 3.05) is 19.0 Å². The van der Waals surface area contributed by atoms with Gasteiger partial charge in [-0.05, 0) is 18.2 Å². The molecule has 1 aromatic carbocycles. The smallest absolute Gasteiger partial charge is 0.328 e. The van der Waals surface area contributed by atoms with E-state index in [4.69, 9.17) is 9.52 Å². The number of carboxylic acid groups (broad SMARTS) is 1. The Kier molecular flexibility index (Phi) is 3.37. The van der Waals surface area contributed by atoms with Crippen molar-refractivity contribution in [2.24, 2.45) is 0 Å². The Morgan fingerprint density at radius 2 is 2.11 bits per heavy atom. The zero-order chi connectivity index (χ0) is 14.0. The van der Waals surface area contributed by atoms with Crippen LogP contribution in [0.3, 0.4) is 0 Å². The van der Waals surface area contributed by atoms with Crippen LogP contribution in [0.4, 0.5) is 5.69 Å². The number of hydrogen-bond donors (Lipinski definition) is 1. The van der Waals surface area contributed by atoms with Gasteiger partial charge in [0, 0.05) is 31.9 Å². The molecule has 5 heteroatoms. The molecule has 0 spiro atoms. The van der Waals surface area contributed by atoms with E-state index in [9.17, 15) is 9.59 Å². The highest BCUT2D eigenvalue weighted by Crippen LogP contribution is 2.19. The number of nitrogens with zero attached hydrogens (tertiary/aromatic N) is 1. The number of anilines is 1. The maximum atomic E-state index is 12.1. The molecule has 0 atom stereocenters. The molecule has 0 aliphatic rings. The van der Waals surface area contributed by atoms with E-state index in [1.54, 1.807) is 12.1 Å². The van der Waals surface area contributed by atoms with E-state index >= 15 is 0 Å². The highest BCUT2D eigenvalue weighted by molar-refractivity contribution is 5.87. The van der Waals surface area contributed by atoms with Crippen LogP contribution < -0.4 is 10.3 Å². The molecule has 2 aromatic rings. The van der Waals surface area contributed by atoms with E-state index in [0.717, 1.165) is 11.8 Å². The second kappa shape index (κ2) is 4.97. The third-order valence-electron chi connectivity index (χ3n) is 2.71.